The van der Waals surface area contributed by atoms with Gasteiger partial charge >= 0.3 is 0 Å². The average molecular weight is 482 g/mol. The molecule has 0 saturated carbocycles. The van der Waals surface area contributed by atoms with Crippen molar-refractivity contribution in [3.8, 4) is 5.75 Å². The topological polar surface area (TPSA) is 55.3 Å². The molecular weight excluding hydrogens is 457 g/mol. The first-order chi connectivity index (χ1) is 16.0. The van der Waals surface area contributed by atoms with E-state index < -0.39 is 0 Å². The lowest BCUT2D eigenvalue weighted by molar-refractivity contribution is -0.118. The van der Waals surface area contributed by atoms with E-state index in [2.05, 4.69) is 4.98 Å². The maximum atomic E-state index is 13.3. The third-order valence-electron chi connectivity index (χ3n) is 5.11. The van der Waals surface area contributed by atoms with Crippen molar-refractivity contribution >= 4 is 44.4 Å². The van der Waals surface area contributed by atoms with Crippen molar-refractivity contribution in [3.05, 3.63) is 77.9 Å². The number of nitrogens with zero attached hydrogens (tertiary/aromatic N) is 3. The van der Waals surface area contributed by atoms with Gasteiger partial charge in [-0.3, -0.25) is 14.7 Å². The van der Waals surface area contributed by atoms with E-state index in [0.717, 1.165) is 32.1 Å². The van der Waals surface area contributed by atoms with E-state index in [0.29, 0.717) is 30.3 Å². The van der Waals surface area contributed by atoms with Crippen molar-refractivity contribution in [2.24, 2.45) is 0 Å². The molecule has 8 heteroatoms. The van der Waals surface area contributed by atoms with Gasteiger partial charge in [0.1, 0.15) is 17.1 Å². The second-order valence-electron chi connectivity index (χ2n) is 7.47. The van der Waals surface area contributed by atoms with Gasteiger partial charge in [0.15, 0.2) is 5.13 Å². The van der Waals surface area contributed by atoms with E-state index in [1.54, 1.807) is 42.1 Å². The Hall–Kier alpha value is -2.97. The molecule has 0 N–H and O–H groups in total. The highest BCUT2D eigenvalue weighted by Crippen LogP contribution is 2.37. The number of anilines is 1. The van der Waals surface area contributed by atoms with Crippen LogP contribution in [0.25, 0.3) is 10.2 Å². The Morgan fingerprint density at radius 2 is 1.97 bits per heavy atom. The molecular formula is C25H24FN3O2S2. The number of halogens is 1. The number of aryl methyl sites for hydroxylation is 1. The predicted octanol–water partition coefficient (Wildman–Crippen LogP) is 6.25. The number of benzene rings is 2. The number of rotatable bonds is 9. The van der Waals surface area contributed by atoms with E-state index in [4.69, 9.17) is 9.72 Å². The molecule has 0 atom stereocenters. The molecule has 0 unspecified atom stereocenters. The number of methoxy groups -OCH3 is 1. The summed E-state index contributed by atoms with van der Waals surface area (Å²) in [4.78, 5) is 25.2. The summed E-state index contributed by atoms with van der Waals surface area (Å²) in [6.45, 7) is 2.38. The lowest BCUT2D eigenvalue weighted by Crippen LogP contribution is -2.30. The van der Waals surface area contributed by atoms with Crippen molar-refractivity contribution in [2.75, 3.05) is 17.8 Å². The fraction of sp³-hybridized carbons (Fsp3) is 0.240. The molecule has 0 fully saturated rings. The van der Waals surface area contributed by atoms with Gasteiger partial charge in [0.25, 0.3) is 0 Å². The Kier molecular flexibility index (Phi) is 7.57. The monoisotopic (exact) mass is 481 g/mol. The number of thioether (sulfide) groups is 1. The van der Waals surface area contributed by atoms with E-state index in [1.165, 1.54) is 23.5 Å². The zero-order valence-corrected chi connectivity index (χ0v) is 20.1. The Labute approximate surface area is 200 Å². The van der Waals surface area contributed by atoms with Crippen LogP contribution in [0.2, 0.25) is 0 Å². The maximum absolute atomic E-state index is 13.3. The Balaban J connectivity index is 1.52. The highest BCUT2D eigenvalue weighted by molar-refractivity contribution is 7.99. The molecule has 1 amide bonds. The summed E-state index contributed by atoms with van der Waals surface area (Å²) in [5, 5.41) is 0.638. The Morgan fingerprint density at radius 1 is 1.15 bits per heavy atom. The molecule has 2 aromatic carbocycles. The molecule has 0 aliphatic heterocycles. The fourth-order valence-corrected chi connectivity index (χ4v) is 5.29. The average Bonchev–Trinajstić information content (AvgIpc) is 3.28. The molecule has 0 spiro atoms. The first-order valence-corrected chi connectivity index (χ1v) is 12.4. The molecule has 5 nitrogen and oxygen atoms in total. The largest absolute Gasteiger partial charge is 0.494 e. The maximum Gasteiger partial charge on any atom is 0.229 e. The highest BCUT2D eigenvalue weighted by atomic mass is 32.2. The molecule has 2 aromatic heterocycles. The molecule has 4 rings (SSSR count). The quantitative estimate of drug-likeness (QED) is 0.209. The predicted molar refractivity (Wildman–Crippen MR) is 133 cm³/mol. The number of hydrogen-bond acceptors (Lipinski definition) is 6. The standard InChI is InChI=1S/C25H24FN3O2S2/c1-17-8-13-21(31-2)23-24(17)33-25(28-23)29(16-19-6-3-4-14-27-19)22(30)7-5-15-32-20-11-9-18(26)10-12-20/h3-4,6,8-14H,5,7,15-16H2,1-2H3. The lowest BCUT2D eigenvalue weighted by atomic mass is 10.2. The molecule has 0 saturated heterocycles. The lowest BCUT2D eigenvalue weighted by Gasteiger charge is -2.19. The third kappa shape index (κ3) is 5.69. The van der Waals surface area contributed by atoms with Crippen LogP contribution in [-0.2, 0) is 11.3 Å². The summed E-state index contributed by atoms with van der Waals surface area (Å²) in [6, 6.07) is 16.0. The van der Waals surface area contributed by atoms with Crippen LogP contribution < -0.4 is 9.64 Å². The first-order valence-electron chi connectivity index (χ1n) is 10.6. The van der Waals surface area contributed by atoms with Gasteiger partial charge in [-0.15, -0.1) is 11.8 Å². The number of carbonyl (C=O) groups excluding carboxylic acids is 1. The van der Waals surface area contributed by atoms with E-state index in [1.807, 2.05) is 37.3 Å². The van der Waals surface area contributed by atoms with Gasteiger partial charge in [0, 0.05) is 17.5 Å². The molecule has 0 radical (unpaired) electrons. The van der Waals surface area contributed by atoms with Gasteiger partial charge in [-0.1, -0.05) is 23.5 Å². The number of aromatic nitrogens is 2. The van der Waals surface area contributed by atoms with E-state index in [-0.39, 0.29) is 11.7 Å². The molecule has 0 bridgehead atoms. The normalized spacial score (nSPS) is 11.0. The Morgan fingerprint density at radius 3 is 2.70 bits per heavy atom. The molecule has 0 aliphatic rings. The van der Waals surface area contributed by atoms with Gasteiger partial charge in [-0.25, -0.2) is 9.37 Å². The minimum atomic E-state index is -0.248. The first kappa shape index (κ1) is 23.2. The summed E-state index contributed by atoms with van der Waals surface area (Å²) in [6.07, 6.45) is 2.81. The van der Waals surface area contributed by atoms with Gasteiger partial charge in [-0.05, 0) is 67.1 Å². The minimum absolute atomic E-state index is 0.00367. The zero-order chi connectivity index (χ0) is 23.2. The van der Waals surface area contributed by atoms with Crippen molar-refractivity contribution in [1.82, 2.24) is 9.97 Å². The van der Waals surface area contributed by atoms with Crippen LogP contribution in [0, 0.1) is 12.7 Å². The second kappa shape index (κ2) is 10.8. The molecule has 2 heterocycles. The summed E-state index contributed by atoms with van der Waals surface area (Å²) in [7, 11) is 1.62. The number of amides is 1. The van der Waals surface area contributed by atoms with Gasteiger partial charge in [0.05, 0.1) is 24.0 Å². The SMILES string of the molecule is COc1ccc(C)c2sc(N(Cc3ccccn3)C(=O)CCCSc3ccc(F)cc3)nc12. The number of thiazole rings is 1. The summed E-state index contributed by atoms with van der Waals surface area (Å²) in [5.74, 6) is 1.21. The van der Waals surface area contributed by atoms with Crippen molar-refractivity contribution in [1.29, 1.82) is 0 Å². The molecule has 4 aromatic rings. The number of carbonyl (C=O) groups is 1. The number of fused-ring (bicyclic) bond motifs is 1. The fourth-order valence-electron chi connectivity index (χ4n) is 3.37. The van der Waals surface area contributed by atoms with Crippen molar-refractivity contribution in [2.45, 2.75) is 31.2 Å². The van der Waals surface area contributed by atoms with Gasteiger partial charge in [-0.2, -0.15) is 0 Å². The van der Waals surface area contributed by atoms with Crippen LogP contribution in [0.3, 0.4) is 0 Å². The van der Waals surface area contributed by atoms with Crippen molar-refractivity contribution < 1.29 is 13.9 Å². The summed E-state index contributed by atoms with van der Waals surface area (Å²) in [5.41, 5.74) is 2.66. The van der Waals surface area contributed by atoms with Crippen LogP contribution >= 0.6 is 23.1 Å². The van der Waals surface area contributed by atoms with Crippen LogP contribution in [0.1, 0.15) is 24.1 Å². The van der Waals surface area contributed by atoms with E-state index >= 15 is 0 Å². The van der Waals surface area contributed by atoms with Crippen molar-refractivity contribution in [3.63, 3.8) is 0 Å². The summed E-state index contributed by atoms with van der Waals surface area (Å²) >= 11 is 3.11. The molecule has 33 heavy (non-hydrogen) atoms. The van der Waals surface area contributed by atoms with E-state index in [9.17, 15) is 9.18 Å². The number of pyridine rings is 1. The Bertz CT molecular complexity index is 1230. The van der Waals surface area contributed by atoms with Crippen LogP contribution in [0.4, 0.5) is 9.52 Å². The number of hydrogen-bond donors (Lipinski definition) is 0. The smallest absolute Gasteiger partial charge is 0.229 e. The van der Waals surface area contributed by atoms with Crippen LogP contribution in [0.15, 0.2) is 65.7 Å². The summed E-state index contributed by atoms with van der Waals surface area (Å²) < 4.78 is 19.6. The van der Waals surface area contributed by atoms with Crippen LogP contribution in [0.5, 0.6) is 5.75 Å². The third-order valence-corrected chi connectivity index (χ3v) is 7.42. The molecule has 170 valence electrons. The minimum Gasteiger partial charge on any atom is -0.494 e. The highest BCUT2D eigenvalue weighted by Gasteiger charge is 2.22. The zero-order valence-electron chi connectivity index (χ0n) is 18.5. The van der Waals surface area contributed by atoms with Crippen LogP contribution in [-0.4, -0.2) is 28.7 Å². The van der Waals surface area contributed by atoms with Gasteiger partial charge < -0.3 is 4.74 Å². The number of ether oxygens (including phenoxy) is 1. The second-order valence-corrected chi connectivity index (χ2v) is 9.61. The molecule has 0 aliphatic carbocycles. The van der Waals surface area contributed by atoms with Gasteiger partial charge in [0.2, 0.25) is 5.91 Å².